The molecule has 3 aromatic rings. The van der Waals surface area contributed by atoms with Gasteiger partial charge < -0.3 is 20.6 Å². The van der Waals surface area contributed by atoms with Crippen LogP contribution in [-0.4, -0.2) is 25.7 Å². The van der Waals surface area contributed by atoms with E-state index in [2.05, 4.69) is 30.7 Å². The summed E-state index contributed by atoms with van der Waals surface area (Å²) in [4.78, 5) is 12.9. The lowest BCUT2D eigenvalue weighted by Crippen LogP contribution is -2.36. The summed E-state index contributed by atoms with van der Waals surface area (Å²) in [6.07, 6.45) is 2.33. The Morgan fingerprint density at radius 1 is 1.31 bits per heavy atom. The van der Waals surface area contributed by atoms with Crippen LogP contribution in [0.3, 0.4) is 0 Å². The van der Waals surface area contributed by atoms with Gasteiger partial charge in [-0.15, -0.1) is 0 Å². The van der Waals surface area contributed by atoms with Crippen LogP contribution in [0.5, 0.6) is 0 Å². The molecule has 1 aliphatic rings. The first-order valence-electron chi connectivity index (χ1n) is 7.12. The third-order valence-electron chi connectivity index (χ3n) is 4.14. The topological polar surface area (TPSA) is 161 Å². The fourth-order valence-electron chi connectivity index (χ4n) is 3.06. The first-order valence-corrected chi connectivity index (χ1v) is 7.91. The summed E-state index contributed by atoms with van der Waals surface area (Å²) >= 11 is 3.33. The van der Waals surface area contributed by atoms with Crippen molar-refractivity contribution in [3.8, 4) is 0 Å². The predicted molar refractivity (Wildman–Crippen MR) is 89.5 cm³/mol. The molecule has 1 atom stereocenters. The maximum absolute atomic E-state index is 12.1. The van der Waals surface area contributed by atoms with E-state index in [4.69, 9.17) is 0 Å². The summed E-state index contributed by atoms with van der Waals surface area (Å²) < 4.78 is 5.23. The van der Waals surface area contributed by atoms with Crippen molar-refractivity contribution in [2.45, 2.75) is 5.92 Å². The van der Waals surface area contributed by atoms with Gasteiger partial charge in [0.2, 0.25) is 5.69 Å². The van der Waals surface area contributed by atoms with Crippen molar-refractivity contribution >= 4 is 32.5 Å². The van der Waals surface area contributed by atoms with E-state index < -0.39 is 27.2 Å². The van der Waals surface area contributed by atoms with E-state index >= 15 is 0 Å². The van der Waals surface area contributed by atoms with Crippen LogP contribution in [-0.2, 0) is 0 Å². The van der Waals surface area contributed by atoms with Crippen LogP contribution in [0.25, 0.3) is 10.9 Å². The van der Waals surface area contributed by atoms with E-state index in [0.29, 0.717) is 16.5 Å². The Hall–Kier alpha value is -3.41. The van der Waals surface area contributed by atoms with Crippen molar-refractivity contribution in [3.63, 3.8) is 0 Å². The van der Waals surface area contributed by atoms with Gasteiger partial charge in [0.15, 0.2) is 0 Å². The molecule has 4 rings (SSSR count). The van der Waals surface area contributed by atoms with Crippen LogP contribution in [0.1, 0.15) is 22.9 Å². The van der Waals surface area contributed by atoms with Gasteiger partial charge in [-0.3, -0.25) is 14.7 Å². The van der Waals surface area contributed by atoms with E-state index in [1.165, 1.54) is 6.20 Å². The van der Waals surface area contributed by atoms with Gasteiger partial charge in [0, 0.05) is 21.6 Å². The average Bonchev–Trinajstić information content (AvgIpc) is 3.17. The number of allylic oxidation sites excluding steroid dienone is 2. The Balaban J connectivity index is 2.06. The minimum Gasteiger partial charge on any atom is -0.612 e. The standard InChI is InChI=1S/C14H7BrN5O6/c15-6-1-2-9-7(3-6)8(5-16-9)12-10(18(21)22)4-11(19(23)24)13-14(12)20(25)26-17-13/h1-5,12,16H/q-1. The van der Waals surface area contributed by atoms with Gasteiger partial charge in [-0.2, -0.15) is 4.90 Å². The molecule has 132 valence electrons. The van der Waals surface area contributed by atoms with Gasteiger partial charge in [-0.25, -0.2) is 0 Å². The van der Waals surface area contributed by atoms with Gasteiger partial charge in [0.1, 0.15) is 5.92 Å². The summed E-state index contributed by atoms with van der Waals surface area (Å²) in [6.45, 7) is 0. The van der Waals surface area contributed by atoms with E-state index in [9.17, 15) is 25.7 Å². The second kappa shape index (κ2) is 5.56. The summed E-state index contributed by atoms with van der Waals surface area (Å²) in [5.41, 5.74) is -0.719. The highest BCUT2D eigenvalue weighted by molar-refractivity contribution is 9.10. The summed E-state index contributed by atoms with van der Waals surface area (Å²) in [5.74, 6) is -1.18. The van der Waals surface area contributed by atoms with Crippen LogP contribution in [0.4, 0.5) is 0 Å². The van der Waals surface area contributed by atoms with Gasteiger partial charge in [0.25, 0.3) is 11.4 Å². The lowest BCUT2D eigenvalue weighted by Gasteiger charge is -2.16. The Bertz CT molecular complexity index is 1130. The number of aromatic nitrogens is 3. The summed E-state index contributed by atoms with van der Waals surface area (Å²) in [7, 11) is 0. The SMILES string of the molecule is O=[N+]([O-])C1=CC(=[N+]([O-])[O-])c2no[n+]([O-])c2C1c1c[nH]c2ccc(Br)cc12. The lowest BCUT2D eigenvalue weighted by molar-refractivity contribution is -0.808. The first-order chi connectivity index (χ1) is 12.4. The van der Waals surface area contributed by atoms with Gasteiger partial charge in [-0.05, 0) is 28.7 Å². The van der Waals surface area contributed by atoms with Gasteiger partial charge in [-0.1, -0.05) is 15.9 Å². The van der Waals surface area contributed by atoms with Gasteiger partial charge >= 0.3 is 5.69 Å². The maximum Gasteiger partial charge on any atom is 0.318 e. The molecule has 0 saturated heterocycles. The fraction of sp³-hybridized carbons (Fsp3) is 0.0714. The predicted octanol–water partition coefficient (Wildman–Crippen LogP) is 1.66. The van der Waals surface area contributed by atoms with E-state index in [0.717, 1.165) is 10.5 Å². The molecule has 1 aromatic carbocycles. The van der Waals surface area contributed by atoms with Crippen molar-refractivity contribution in [2.24, 2.45) is 0 Å². The first kappa shape index (κ1) is 16.1. The number of halogens is 1. The minimum absolute atomic E-state index is 0.0309. The number of hydrogen-bond acceptors (Lipinski definition) is 7. The molecule has 0 radical (unpaired) electrons. The molecule has 0 fully saturated rings. The Kier molecular flexibility index (Phi) is 3.44. The number of benzene rings is 1. The van der Waals surface area contributed by atoms with Crippen LogP contribution in [0, 0.1) is 25.7 Å². The third-order valence-corrected chi connectivity index (χ3v) is 4.63. The summed E-state index contributed by atoms with van der Waals surface area (Å²) in [6, 6.07) is 5.27. The smallest absolute Gasteiger partial charge is 0.318 e. The number of nitro groups is 1. The number of nitrogens with one attached hydrogen (secondary N) is 1. The number of nitrogens with zero attached hydrogens (tertiary/aromatic N) is 4. The van der Waals surface area contributed by atoms with Crippen molar-refractivity contribution in [1.82, 2.24) is 10.1 Å². The molecule has 2 aromatic heterocycles. The molecule has 2 heterocycles. The third kappa shape index (κ3) is 2.23. The lowest BCUT2D eigenvalue weighted by atomic mass is 9.86. The molecule has 0 bridgehead atoms. The highest BCUT2D eigenvalue weighted by atomic mass is 79.9. The Morgan fingerprint density at radius 2 is 2.08 bits per heavy atom. The van der Waals surface area contributed by atoms with Crippen LogP contribution in [0.15, 0.2) is 45.3 Å². The molecule has 1 N–H and O–H groups in total. The van der Waals surface area contributed by atoms with E-state index in [-0.39, 0.29) is 16.3 Å². The monoisotopic (exact) mass is 420 g/mol. The van der Waals surface area contributed by atoms with Crippen molar-refractivity contribution in [1.29, 1.82) is 0 Å². The van der Waals surface area contributed by atoms with Crippen LogP contribution < -0.4 is 4.90 Å². The van der Waals surface area contributed by atoms with Gasteiger partial charge in [0.05, 0.1) is 16.2 Å². The molecule has 0 amide bonds. The second-order valence-electron chi connectivity index (χ2n) is 5.50. The van der Waals surface area contributed by atoms with Crippen molar-refractivity contribution < 1.29 is 19.4 Å². The quantitative estimate of drug-likeness (QED) is 0.374. The van der Waals surface area contributed by atoms with Crippen LogP contribution in [0.2, 0.25) is 0 Å². The minimum atomic E-state index is -1.18. The number of fused-ring (bicyclic) bond motifs is 2. The molecule has 1 aliphatic carbocycles. The zero-order valence-corrected chi connectivity index (χ0v) is 14.2. The highest BCUT2D eigenvalue weighted by Gasteiger charge is 2.47. The Labute approximate surface area is 151 Å². The molecule has 0 saturated carbocycles. The number of hydrogen-bond donors (Lipinski definition) is 1. The molecule has 0 spiro atoms. The van der Waals surface area contributed by atoms with E-state index in [1.807, 2.05) is 0 Å². The van der Waals surface area contributed by atoms with Crippen molar-refractivity contribution in [3.05, 3.63) is 83.3 Å². The van der Waals surface area contributed by atoms with Crippen molar-refractivity contribution in [2.75, 3.05) is 0 Å². The highest BCUT2D eigenvalue weighted by Crippen LogP contribution is 2.39. The van der Waals surface area contributed by atoms with E-state index in [1.54, 1.807) is 18.2 Å². The molecular weight excluding hydrogens is 414 g/mol. The second-order valence-corrected chi connectivity index (χ2v) is 6.42. The zero-order valence-electron chi connectivity index (χ0n) is 12.6. The number of rotatable bonds is 2. The molecule has 26 heavy (non-hydrogen) atoms. The largest absolute Gasteiger partial charge is 0.612 e. The van der Waals surface area contributed by atoms with Crippen LogP contribution >= 0.6 is 15.9 Å². The normalized spacial score (nSPS) is 16.4. The molecular formula is C14H7BrN5O6-. The zero-order chi connectivity index (χ0) is 18.6. The molecule has 1 unspecified atom stereocenters. The average molecular weight is 421 g/mol. The molecule has 12 heteroatoms. The number of H-pyrrole nitrogens is 1. The molecule has 11 nitrogen and oxygen atoms in total. The number of aromatic amines is 1. The summed E-state index contributed by atoms with van der Waals surface area (Å²) in [5, 5.41) is 50.2. The fourth-order valence-corrected chi connectivity index (χ4v) is 3.43. The maximum atomic E-state index is 12.1. The Morgan fingerprint density at radius 3 is 2.77 bits per heavy atom. The molecule has 0 aliphatic heterocycles.